The van der Waals surface area contributed by atoms with Crippen LogP contribution in [0.4, 0.5) is 5.69 Å². The van der Waals surface area contributed by atoms with Gasteiger partial charge in [-0.1, -0.05) is 6.07 Å². The number of anilines is 1. The Bertz CT molecular complexity index is 321. The number of nitrogens with one attached hydrogen (secondary N) is 1. The minimum absolute atomic E-state index is 0.359. The van der Waals surface area contributed by atoms with Gasteiger partial charge in [0.15, 0.2) is 0 Å². The van der Waals surface area contributed by atoms with Crippen molar-refractivity contribution in [2.24, 2.45) is 0 Å². The van der Waals surface area contributed by atoms with Crippen LogP contribution in [0.25, 0.3) is 0 Å². The first kappa shape index (κ1) is 5.47. The van der Waals surface area contributed by atoms with Crippen LogP contribution < -0.4 is 5.32 Å². The molecule has 0 aromatic heterocycles. The summed E-state index contributed by atoms with van der Waals surface area (Å²) in [6.45, 7) is 0. The van der Waals surface area contributed by atoms with E-state index >= 15 is 0 Å². The monoisotopic (exact) mass is 147 g/mol. The van der Waals surface area contributed by atoms with Gasteiger partial charge in [-0.15, -0.1) is 0 Å². The molecule has 2 N–H and O–H groups in total. The summed E-state index contributed by atoms with van der Waals surface area (Å²) in [6.07, 6.45) is 1.28. The first-order valence-electron chi connectivity index (χ1n) is 3.94. The third-order valence-electron chi connectivity index (χ3n) is 2.57. The van der Waals surface area contributed by atoms with Crippen molar-refractivity contribution in [3.8, 4) is 5.75 Å². The average molecular weight is 147 g/mol. The molecule has 0 bridgehead atoms. The quantitative estimate of drug-likeness (QED) is 0.585. The maximum Gasteiger partial charge on any atom is 0.117 e. The molecule has 1 heterocycles. The van der Waals surface area contributed by atoms with Crippen molar-refractivity contribution < 1.29 is 5.11 Å². The average Bonchev–Trinajstić information content (AvgIpc) is 2.63. The zero-order valence-electron chi connectivity index (χ0n) is 6.04. The van der Waals surface area contributed by atoms with Crippen molar-refractivity contribution in [3.63, 3.8) is 0 Å². The van der Waals surface area contributed by atoms with E-state index in [1.807, 2.05) is 12.1 Å². The first-order chi connectivity index (χ1) is 5.34. The van der Waals surface area contributed by atoms with Gasteiger partial charge in [-0.05, 0) is 18.1 Å². The number of phenolic OH excluding ortho intramolecular Hbond substituents is 1. The zero-order valence-corrected chi connectivity index (χ0v) is 6.04. The molecule has 1 aliphatic heterocycles. The molecule has 1 aliphatic carbocycles. The van der Waals surface area contributed by atoms with E-state index in [-0.39, 0.29) is 0 Å². The Labute approximate surface area is 64.9 Å². The molecule has 1 fully saturated rings. The van der Waals surface area contributed by atoms with E-state index in [9.17, 15) is 0 Å². The van der Waals surface area contributed by atoms with E-state index in [0.717, 1.165) is 11.6 Å². The summed E-state index contributed by atoms with van der Waals surface area (Å²) in [5.41, 5.74) is 2.51. The number of rotatable bonds is 0. The van der Waals surface area contributed by atoms with E-state index < -0.39 is 0 Å². The SMILES string of the molecule is Oc1ccc2c(c1)NC1CC21. The Hall–Kier alpha value is -1.18. The van der Waals surface area contributed by atoms with Crippen molar-refractivity contribution in [3.05, 3.63) is 23.8 Å². The van der Waals surface area contributed by atoms with Gasteiger partial charge in [0, 0.05) is 23.7 Å². The predicted octanol–water partition coefficient (Wildman–Crippen LogP) is 1.67. The van der Waals surface area contributed by atoms with Gasteiger partial charge in [-0.3, -0.25) is 0 Å². The molecule has 1 aromatic rings. The molecule has 0 radical (unpaired) electrons. The van der Waals surface area contributed by atoms with E-state index in [4.69, 9.17) is 5.11 Å². The summed E-state index contributed by atoms with van der Waals surface area (Å²) >= 11 is 0. The second-order valence-corrected chi connectivity index (χ2v) is 3.36. The molecule has 1 aromatic carbocycles. The summed E-state index contributed by atoms with van der Waals surface area (Å²) in [5, 5.41) is 12.5. The molecule has 3 rings (SSSR count). The fourth-order valence-electron chi connectivity index (χ4n) is 1.89. The highest BCUT2D eigenvalue weighted by atomic mass is 16.3. The van der Waals surface area contributed by atoms with Gasteiger partial charge in [0.2, 0.25) is 0 Å². The smallest absolute Gasteiger partial charge is 0.117 e. The van der Waals surface area contributed by atoms with Crippen molar-refractivity contribution in [1.29, 1.82) is 0 Å². The minimum Gasteiger partial charge on any atom is -0.508 e. The van der Waals surface area contributed by atoms with Crippen molar-refractivity contribution in [1.82, 2.24) is 0 Å². The van der Waals surface area contributed by atoms with Crippen molar-refractivity contribution >= 4 is 5.69 Å². The first-order valence-corrected chi connectivity index (χ1v) is 3.94. The second-order valence-electron chi connectivity index (χ2n) is 3.36. The topological polar surface area (TPSA) is 32.3 Å². The predicted molar refractivity (Wildman–Crippen MR) is 42.9 cm³/mol. The molecule has 0 saturated heterocycles. The van der Waals surface area contributed by atoms with Gasteiger partial charge in [-0.25, -0.2) is 0 Å². The van der Waals surface area contributed by atoms with Crippen LogP contribution in [0.15, 0.2) is 18.2 Å². The van der Waals surface area contributed by atoms with Crippen LogP contribution in [0, 0.1) is 0 Å². The number of fused-ring (bicyclic) bond motifs is 3. The fraction of sp³-hybridized carbons (Fsp3) is 0.333. The number of benzene rings is 1. The highest BCUT2D eigenvalue weighted by Crippen LogP contribution is 2.52. The molecule has 2 heteroatoms. The van der Waals surface area contributed by atoms with Gasteiger partial charge in [-0.2, -0.15) is 0 Å². The fourth-order valence-corrected chi connectivity index (χ4v) is 1.89. The van der Waals surface area contributed by atoms with E-state index in [2.05, 4.69) is 5.32 Å². The molecule has 2 unspecified atom stereocenters. The molecule has 56 valence electrons. The lowest BCUT2D eigenvalue weighted by atomic mass is 10.1. The maximum atomic E-state index is 9.16. The lowest BCUT2D eigenvalue weighted by Gasteiger charge is -2.03. The Morgan fingerprint density at radius 3 is 3.27 bits per heavy atom. The Morgan fingerprint density at radius 2 is 2.36 bits per heavy atom. The summed E-state index contributed by atoms with van der Waals surface area (Å²) in [6, 6.07) is 6.27. The Morgan fingerprint density at radius 1 is 1.45 bits per heavy atom. The number of aromatic hydroxyl groups is 1. The summed E-state index contributed by atoms with van der Waals surface area (Å²) in [5.74, 6) is 1.10. The molecule has 2 nitrogen and oxygen atoms in total. The molecule has 0 spiro atoms. The molecule has 0 amide bonds. The highest BCUT2D eigenvalue weighted by Gasteiger charge is 2.44. The lowest BCUT2D eigenvalue weighted by Crippen LogP contribution is -1.95. The highest BCUT2D eigenvalue weighted by molar-refractivity contribution is 5.65. The van der Waals surface area contributed by atoms with Gasteiger partial charge < -0.3 is 10.4 Å². The Balaban J connectivity index is 2.18. The van der Waals surface area contributed by atoms with Crippen LogP contribution in [0.2, 0.25) is 0 Å². The standard InChI is InChI=1S/C9H9NO/c11-5-1-2-6-7-4-9(7)10-8(6)3-5/h1-3,7,9-11H,4H2. The van der Waals surface area contributed by atoms with Crippen LogP contribution in [0.1, 0.15) is 17.9 Å². The number of hydrogen-bond acceptors (Lipinski definition) is 2. The van der Waals surface area contributed by atoms with Crippen LogP contribution in [-0.2, 0) is 0 Å². The minimum atomic E-state index is 0.359. The normalized spacial score (nSPS) is 30.5. The van der Waals surface area contributed by atoms with Gasteiger partial charge in [0.05, 0.1) is 0 Å². The molecular weight excluding hydrogens is 138 g/mol. The van der Waals surface area contributed by atoms with E-state index in [0.29, 0.717) is 11.8 Å². The van der Waals surface area contributed by atoms with Crippen LogP contribution >= 0.6 is 0 Å². The van der Waals surface area contributed by atoms with Crippen LogP contribution in [0.3, 0.4) is 0 Å². The number of phenols is 1. The van der Waals surface area contributed by atoms with E-state index in [1.54, 1.807) is 6.07 Å². The Kier molecular flexibility index (Phi) is 0.757. The van der Waals surface area contributed by atoms with Crippen LogP contribution in [0.5, 0.6) is 5.75 Å². The summed E-state index contributed by atoms with van der Waals surface area (Å²) in [4.78, 5) is 0. The third-order valence-corrected chi connectivity index (χ3v) is 2.57. The molecule has 11 heavy (non-hydrogen) atoms. The van der Waals surface area contributed by atoms with E-state index in [1.165, 1.54) is 12.0 Å². The molecular formula is C9H9NO. The second kappa shape index (κ2) is 1.52. The molecule has 2 aliphatic rings. The third kappa shape index (κ3) is 0.615. The molecule has 2 atom stereocenters. The van der Waals surface area contributed by atoms with Crippen LogP contribution in [-0.4, -0.2) is 11.1 Å². The van der Waals surface area contributed by atoms with Gasteiger partial charge >= 0.3 is 0 Å². The number of hydrogen-bond donors (Lipinski definition) is 2. The largest absolute Gasteiger partial charge is 0.508 e. The van der Waals surface area contributed by atoms with Crippen molar-refractivity contribution in [2.45, 2.75) is 18.4 Å². The zero-order chi connectivity index (χ0) is 7.42. The molecule has 1 saturated carbocycles. The van der Waals surface area contributed by atoms with Gasteiger partial charge in [0.25, 0.3) is 0 Å². The summed E-state index contributed by atoms with van der Waals surface area (Å²) < 4.78 is 0. The summed E-state index contributed by atoms with van der Waals surface area (Å²) in [7, 11) is 0. The maximum absolute atomic E-state index is 9.16. The van der Waals surface area contributed by atoms with Crippen molar-refractivity contribution in [2.75, 3.05) is 5.32 Å². The lowest BCUT2D eigenvalue weighted by molar-refractivity contribution is 0.475. The van der Waals surface area contributed by atoms with Gasteiger partial charge in [0.1, 0.15) is 5.75 Å².